The van der Waals surface area contributed by atoms with E-state index in [2.05, 4.69) is 5.32 Å². The maximum atomic E-state index is 12.7. The monoisotopic (exact) mass is 323 g/mol. The van der Waals surface area contributed by atoms with Gasteiger partial charge in [-0.15, -0.1) is 0 Å². The molecule has 0 heterocycles. The largest absolute Gasteiger partial charge is 0.497 e. The van der Waals surface area contributed by atoms with Gasteiger partial charge in [-0.05, 0) is 42.7 Å². The first-order valence-electron chi connectivity index (χ1n) is 8.19. The maximum Gasteiger partial charge on any atom is 0.251 e. The molecule has 1 amide bonds. The van der Waals surface area contributed by atoms with E-state index in [0.717, 1.165) is 43.3 Å². The lowest BCUT2D eigenvalue weighted by Crippen LogP contribution is -2.43. The van der Waals surface area contributed by atoms with Gasteiger partial charge in [0.1, 0.15) is 12.0 Å². The minimum atomic E-state index is -0.327. The van der Waals surface area contributed by atoms with Gasteiger partial charge in [0.15, 0.2) is 0 Å². The number of aldehydes is 1. The summed E-state index contributed by atoms with van der Waals surface area (Å²) in [6.07, 6.45) is 4.82. The van der Waals surface area contributed by atoms with Crippen molar-refractivity contribution in [1.82, 2.24) is 5.32 Å². The van der Waals surface area contributed by atoms with E-state index >= 15 is 0 Å². The van der Waals surface area contributed by atoms with Gasteiger partial charge < -0.3 is 10.1 Å². The Morgan fingerprint density at radius 3 is 2.21 bits per heavy atom. The van der Waals surface area contributed by atoms with Gasteiger partial charge in [0.05, 0.1) is 12.6 Å². The molecule has 24 heavy (non-hydrogen) atoms. The third-order valence-electron chi connectivity index (χ3n) is 4.76. The zero-order chi connectivity index (χ0) is 17.0. The summed E-state index contributed by atoms with van der Waals surface area (Å²) >= 11 is 0. The van der Waals surface area contributed by atoms with E-state index in [1.54, 1.807) is 31.4 Å². The van der Waals surface area contributed by atoms with Crippen LogP contribution in [0, 0.1) is 0 Å². The quantitative estimate of drug-likeness (QED) is 0.854. The van der Waals surface area contributed by atoms with Crippen molar-refractivity contribution in [2.75, 3.05) is 7.11 Å². The summed E-state index contributed by atoms with van der Waals surface area (Å²) in [6.45, 7) is 0. The fraction of sp³-hybridized carbons (Fsp3) is 0.300. The number of rotatable bonds is 5. The predicted octanol–water partition coefficient (Wildman–Crippen LogP) is 3.71. The van der Waals surface area contributed by atoms with Crippen molar-refractivity contribution in [3.8, 4) is 5.75 Å². The average molecular weight is 323 g/mol. The molecule has 1 saturated carbocycles. The fourth-order valence-corrected chi connectivity index (χ4v) is 3.38. The molecule has 0 aromatic heterocycles. The normalized spacial score (nSPS) is 15.7. The van der Waals surface area contributed by atoms with Crippen molar-refractivity contribution < 1.29 is 14.3 Å². The third-order valence-corrected chi connectivity index (χ3v) is 4.76. The molecule has 2 aromatic rings. The Labute approximate surface area is 141 Å². The van der Waals surface area contributed by atoms with Crippen LogP contribution in [0.3, 0.4) is 0 Å². The van der Waals surface area contributed by atoms with Gasteiger partial charge in [0, 0.05) is 11.1 Å². The number of methoxy groups -OCH3 is 1. The Morgan fingerprint density at radius 2 is 1.67 bits per heavy atom. The fourth-order valence-electron chi connectivity index (χ4n) is 3.38. The molecule has 1 aliphatic carbocycles. The highest BCUT2D eigenvalue weighted by Crippen LogP contribution is 2.39. The van der Waals surface area contributed by atoms with E-state index in [1.807, 2.05) is 24.3 Å². The summed E-state index contributed by atoms with van der Waals surface area (Å²) in [5, 5.41) is 3.23. The van der Waals surface area contributed by atoms with Gasteiger partial charge in [-0.25, -0.2) is 0 Å². The van der Waals surface area contributed by atoms with Crippen molar-refractivity contribution in [3.63, 3.8) is 0 Å². The topological polar surface area (TPSA) is 55.4 Å². The molecule has 4 nitrogen and oxygen atoms in total. The standard InChI is InChI=1S/C20H21NO3/c1-24-18-10-8-17(9-11-18)20(12-2-3-13-20)21-19(23)16-6-4-15(14-22)5-7-16/h4-11,14H,2-3,12-13H2,1H3,(H,21,23). The number of carbonyl (C=O) groups excluding carboxylic acids is 2. The van der Waals surface area contributed by atoms with Crippen molar-refractivity contribution in [2.24, 2.45) is 0 Å². The summed E-state index contributed by atoms with van der Waals surface area (Å²) in [4.78, 5) is 23.4. The predicted molar refractivity (Wildman–Crippen MR) is 92.4 cm³/mol. The first-order valence-corrected chi connectivity index (χ1v) is 8.19. The van der Waals surface area contributed by atoms with Crippen LogP contribution < -0.4 is 10.1 Å². The summed E-state index contributed by atoms with van der Waals surface area (Å²) in [6, 6.07) is 14.6. The zero-order valence-electron chi connectivity index (χ0n) is 13.7. The van der Waals surface area contributed by atoms with E-state index in [1.165, 1.54) is 0 Å². The van der Waals surface area contributed by atoms with Crippen LogP contribution in [0.5, 0.6) is 5.75 Å². The molecule has 3 rings (SSSR count). The van der Waals surface area contributed by atoms with Gasteiger partial charge in [-0.3, -0.25) is 9.59 Å². The number of hydrogen-bond donors (Lipinski definition) is 1. The molecule has 1 aliphatic rings. The second-order valence-electron chi connectivity index (χ2n) is 6.21. The Morgan fingerprint density at radius 1 is 1.04 bits per heavy atom. The second-order valence-corrected chi connectivity index (χ2v) is 6.21. The first kappa shape index (κ1) is 16.2. The number of nitrogens with one attached hydrogen (secondary N) is 1. The van der Waals surface area contributed by atoms with Crippen molar-refractivity contribution in [1.29, 1.82) is 0 Å². The van der Waals surface area contributed by atoms with E-state index in [0.29, 0.717) is 11.1 Å². The Kier molecular flexibility index (Phi) is 4.65. The maximum absolute atomic E-state index is 12.7. The smallest absolute Gasteiger partial charge is 0.251 e. The van der Waals surface area contributed by atoms with Crippen LogP contribution in [0.25, 0.3) is 0 Å². The van der Waals surface area contributed by atoms with Crippen LogP contribution in [0.4, 0.5) is 0 Å². The van der Waals surface area contributed by atoms with Crippen LogP contribution >= 0.6 is 0 Å². The highest BCUT2D eigenvalue weighted by atomic mass is 16.5. The van der Waals surface area contributed by atoms with E-state index < -0.39 is 0 Å². The van der Waals surface area contributed by atoms with E-state index in [9.17, 15) is 9.59 Å². The molecule has 4 heteroatoms. The minimum absolute atomic E-state index is 0.106. The number of benzene rings is 2. The molecule has 0 spiro atoms. The van der Waals surface area contributed by atoms with Gasteiger partial charge in [0.2, 0.25) is 0 Å². The molecule has 124 valence electrons. The molecular formula is C20H21NO3. The molecule has 0 unspecified atom stereocenters. The van der Waals surface area contributed by atoms with Gasteiger partial charge in [0.25, 0.3) is 5.91 Å². The number of amides is 1. The van der Waals surface area contributed by atoms with Crippen LogP contribution in [0.15, 0.2) is 48.5 Å². The number of ether oxygens (including phenoxy) is 1. The average Bonchev–Trinajstić information content (AvgIpc) is 3.11. The van der Waals surface area contributed by atoms with Gasteiger partial charge in [-0.1, -0.05) is 37.1 Å². The summed E-state index contributed by atoms with van der Waals surface area (Å²) in [5.41, 5.74) is 1.92. The summed E-state index contributed by atoms with van der Waals surface area (Å²) in [5.74, 6) is 0.702. The van der Waals surface area contributed by atoms with E-state index in [4.69, 9.17) is 4.74 Å². The Bertz CT molecular complexity index is 714. The van der Waals surface area contributed by atoms with Gasteiger partial charge >= 0.3 is 0 Å². The zero-order valence-corrected chi connectivity index (χ0v) is 13.7. The van der Waals surface area contributed by atoms with Crippen molar-refractivity contribution in [2.45, 2.75) is 31.2 Å². The third kappa shape index (κ3) is 3.18. The Hall–Kier alpha value is -2.62. The van der Waals surface area contributed by atoms with Crippen LogP contribution in [-0.2, 0) is 5.54 Å². The van der Waals surface area contributed by atoms with Crippen LogP contribution in [0.2, 0.25) is 0 Å². The van der Waals surface area contributed by atoms with Crippen molar-refractivity contribution in [3.05, 3.63) is 65.2 Å². The lowest BCUT2D eigenvalue weighted by Gasteiger charge is -2.31. The second kappa shape index (κ2) is 6.87. The molecule has 0 bridgehead atoms. The lowest BCUT2D eigenvalue weighted by atomic mass is 9.87. The molecule has 0 radical (unpaired) electrons. The lowest BCUT2D eigenvalue weighted by molar-refractivity contribution is 0.0897. The van der Waals surface area contributed by atoms with E-state index in [-0.39, 0.29) is 11.4 Å². The molecule has 2 aromatic carbocycles. The van der Waals surface area contributed by atoms with Crippen LogP contribution in [0.1, 0.15) is 52.0 Å². The number of carbonyl (C=O) groups is 2. The highest BCUT2D eigenvalue weighted by Gasteiger charge is 2.37. The number of hydrogen-bond acceptors (Lipinski definition) is 3. The van der Waals surface area contributed by atoms with Gasteiger partial charge in [-0.2, -0.15) is 0 Å². The van der Waals surface area contributed by atoms with Crippen molar-refractivity contribution >= 4 is 12.2 Å². The first-order chi connectivity index (χ1) is 11.7. The SMILES string of the molecule is COc1ccc(C2(NC(=O)c3ccc(C=O)cc3)CCCC2)cc1. The summed E-state index contributed by atoms with van der Waals surface area (Å²) in [7, 11) is 1.64. The molecule has 0 saturated heterocycles. The molecule has 0 atom stereocenters. The molecule has 1 N–H and O–H groups in total. The Balaban J connectivity index is 1.84. The molecular weight excluding hydrogens is 302 g/mol. The van der Waals surface area contributed by atoms with Crippen LogP contribution in [-0.4, -0.2) is 19.3 Å². The highest BCUT2D eigenvalue weighted by molar-refractivity contribution is 5.95. The molecule has 0 aliphatic heterocycles. The minimum Gasteiger partial charge on any atom is -0.497 e. The molecule has 1 fully saturated rings. The summed E-state index contributed by atoms with van der Waals surface area (Å²) < 4.78 is 5.22.